The average molecular weight is 315 g/mol. The van der Waals surface area contributed by atoms with Crippen LogP contribution in [0.15, 0.2) is 23.1 Å². The van der Waals surface area contributed by atoms with Crippen molar-refractivity contribution in [1.29, 1.82) is 0 Å². The molecule has 0 spiro atoms. The molecule has 0 aliphatic carbocycles. The Morgan fingerprint density at radius 3 is 2.57 bits per heavy atom. The van der Waals surface area contributed by atoms with E-state index in [1.165, 1.54) is 6.07 Å². The van der Waals surface area contributed by atoms with Gasteiger partial charge in [0.25, 0.3) is 0 Å². The number of aliphatic hydroxyl groups is 1. The highest BCUT2D eigenvalue weighted by Gasteiger charge is 2.23. The minimum absolute atomic E-state index is 0.178. The first-order chi connectivity index (χ1) is 9.72. The molecule has 0 heterocycles. The van der Waals surface area contributed by atoms with Crippen LogP contribution in [0.3, 0.4) is 0 Å². The van der Waals surface area contributed by atoms with E-state index < -0.39 is 10.0 Å². The van der Waals surface area contributed by atoms with Gasteiger partial charge in [0.2, 0.25) is 10.0 Å². The van der Waals surface area contributed by atoms with Gasteiger partial charge in [0.1, 0.15) is 0 Å². The first-order valence-corrected chi connectivity index (χ1v) is 8.39. The van der Waals surface area contributed by atoms with E-state index in [0.717, 1.165) is 6.42 Å². The van der Waals surface area contributed by atoms with E-state index in [4.69, 9.17) is 9.84 Å². The van der Waals surface area contributed by atoms with Crippen molar-refractivity contribution in [3.63, 3.8) is 0 Å². The number of rotatable bonds is 8. The SMILES string of the molecule is COCCC(C)(C)CNS(=O)(=O)c1cc(CO)ccc1C. The molecule has 1 rings (SSSR count). The third-order valence-corrected chi connectivity index (χ3v) is 4.99. The van der Waals surface area contributed by atoms with Gasteiger partial charge in [0, 0.05) is 20.3 Å². The van der Waals surface area contributed by atoms with Crippen LogP contribution in [0.2, 0.25) is 0 Å². The number of hydrogen-bond donors (Lipinski definition) is 2. The van der Waals surface area contributed by atoms with Crippen LogP contribution in [0.25, 0.3) is 0 Å². The monoisotopic (exact) mass is 315 g/mol. The number of ether oxygens (including phenoxy) is 1. The fraction of sp³-hybridized carbons (Fsp3) is 0.600. The lowest BCUT2D eigenvalue weighted by atomic mass is 9.90. The molecule has 0 aliphatic heterocycles. The van der Waals surface area contributed by atoms with Gasteiger partial charge in [0.15, 0.2) is 0 Å². The molecule has 2 N–H and O–H groups in total. The number of aryl methyl sites for hydroxylation is 1. The van der Waals surface area contributed by atoms with Gasteiger partial charge in [-0.15, -0.1) is 0 Å². The molecule has 5 nitrogen and oxygen atoms in total. The molecule has 1 aromatic rings. The van der Waals surface area contributed by atoms with Gasteiger partial charge in [-0.05, 0) is 36.0 Å². The van der Waals surface area contributed by atoms with Crippen molar-refractivity contribution in [3.05, 3.63) is 29.3 Å². The molecule has 0 unspecified atom stereocenters. The van der Waals surface area contributed by atoms with Crippen molar-refractivity contribution in [1.82, 2.24) is 4.72 Å². The Morgan fingerprint density at radius 2 is 2.00 bits per heavy atom. The van der Waals surface area contributed by atoms with Crippen LogP contribution in [0.4, 0.5) is 0 Å². The predicted molar refractivity (Wildman–Crippen MR) is 82.6 cm³/mol. The summed E-state index contributed by atoms with van der Waals surface area (Å²) < 4.78 is 32.5. The van der Waals surface area contributed by atoms with E-state index in [9.17, 15) is 8.42 Å². The van der Waals surface area contributed by atoms with Gasteiger partial charge in [-0.2, -0.15) is 0 Å². The first kappa shape index (κ1) is 18.1. The van der Waals surface area contributed by atoms with Crippen LogP contribution in [-0.4, -0.2) is 33.8 Å². The molecule has 0 radical (unpaired) electrons. The number of methoxy groups -OCH3 is 1. The molecule has 0 aromatic heterocycles. The van der Waals surface area contributed by atoms with Gasteiger partial charge in [-0.3, -0.25) is 0 Å². The summed E-state index contributed by atoms with van der Waals surface area (Å²) >= 11 is 0. The topological polar surface area (TPSA) is 75.6 Å². The van der Waals surface area contributed by atoms with Crippen molar-refractivity contribution in [3.8, 4) is 0 Å². The molecule has 0 atom stereocenters. The lowest BCUT2D eigenvalue weighted by Gasteiger charge is -2.24. The smallest absolute Gasteiger partial charge is 0.240 e. The summed E-state index contributed by atoms with van der Waals surface area (Å²) in [5, 5.41) is 9.15. The van der Waals surface area contributed by atoms with Crippen LogP contribution in [0.5, 0.6) is 0 Å². The summed E-state index contributed by atoms with van der Waals surface area (Å²) in [5.74, 6) is 0. The zero-order chi connectivity index (χ0) is 16.1. The third-order valence-electron chi connectivity index (χ3n) is 3.45. The average Bonchev–Trinajstić information content (AvgIpc) is 2.44. The number of aliphatic hydroxyl groups excluding tert-OH is 1. The first-order valence-electron chi connectivity index (χ1n) is 6.91. The maximum Gasteiger partial charge on any atom is 0.240 e. The number of benzene rings is 1. The fourth-order valence-corrected chi connectivity index (χ4v) is 3.40. The third kappa shape index (κ3) is 5.39. The van der Waals surface area contributed by atoms with Crippen molar-refractivity contribution in [2.24, 2.45) is 5.41 Å². The minimum Gasteiger partial charge on any atom is -0.392 e. The highest BCUT2D eigenvalue weighted by molar-refractivity contribution is 7.89. The molecule has 120 valence electrons. The Kier molecular flexibility index (Phi) is 6.34. The molecule has 21 heavy (non-hydrogen) atoms. The predicted octanol–water partition coefficient (Wildman–Crippen LogP) is 1.83. The molecule has 0 bridgehead atoms. The molecular formula is C15H25NO4S. The van der Waals surface area contributed by atoms with Gasteiger partial charge in [0.05, 0.1) is 11.5 Å². The van der Waals surface area contributed by atoms with E-state index in [1.807, 2.05) is 13.8 Å². The van der Waals surface area contributed by atoms with E-state index in [1.54, 1.807) is 26.2 Å². The molecule has 0 fully saturated rings. The molecular weight excluding hydrogens is 290 g/mol. The van der Waals surface area contributed by atoms with Gasteiger partial charge >= 0.3 is 0 Å². The number of nitrogens with one attached hydrogen (secondary N) is 1. The summed E-state index contributed by atoms with van der Waals surface area (Å²) in [6, 6.07) is 4.94. The highest BCUT2D eigenvalue weighted by Crippen LogP contribution is 2.22. The Morgan fingerprint density at radius 1 is 1.33 bits per heavy atom. The quantitative estimate of drug-likeness (QED) is 0.767. The van der Waals surface area contributed by atoms with Crippen LogP contribution < -0.4 is 4.72 Å². The zero-order valence-electron chi connectivity index (χ0n) is 13.1. The fourth-order valence-electron chi connectivity index (χ4n) is 1.87. The van der Waals surface area contributed by atoms with Crippen LogP contribution in [-0.2, 0) is 21.4 Å². The largest absolute Gasteiger partial charge is 0.392 e. The van der Waals surface area contributed by atoms with Crippen LogP contribution >= 0.6 is 0 Å². The molecule has 0 amide bonds. The number of sulfonamides is 1. The summed E-state index contributed by atoms with van der Waals surface area (Å²) in [7, 11) is -1.95. The molecule has 0 aliphatic rings. The standard InChI is InChI=1S/C15H25NO4S/c1-12-5-6-13(10-17)9-14(12)21(18,19)16-11-15(2,3)7-8-20-4/h5-6,9,16-17H,7-8,10-11H2,1-4H3. The van der Waals surface area contributed by atoms with Gasteiger partial charge in [-0.1, -0.05) is 26.0 Å². The molecule has 1 aromatic carbocycles. The maximum atomic E-state index is 12.4. The minimum atomic E-state index is -3.58. The van der Waals surface area contributed by atoms with Crippen molar-refractivity contribution < 1.29 is 18.3 Å². The second kappa shape index (κ2) is 7.35. The summed E-state index contributed by atoms with van der Waals surface area (Å²) in [4.78, 5) is 0.219. The van der Waals surface area contributed by atoms with E-state index in [-0.39, 0.29) is 16.9 Å². The van der Waals surface area contributed by atoms with E-state index in [0.29, 0.717) is 24.3 Å². The molecule has 0 saturated heterocycles. The Balaban J connectivity index is 2.87. The maximum absolute atomic E-state index is 12.4. The molecule has 6 heteroatoms. The van der Waals surface area contributed by atoms with Crippen molar-refractivity contribution in [2.75, 3.05) is 20.3 Å². The van der Waals surface area contributed by atoms with Crippen molar-refractivity contribution >= 4 is 10.0 Å². The molecule has 0 saturated carbocycles. The van der Waals surface area contributed by atoms with Crippen molar-refractivity contribution in [2.45, 2.75) is 38.7 Å². The van der Waals surface area contributed by atoms with E-state index in [2.05, 4.69) is 4.72 Å². The normalized spacial score (nSPS) is 12.6. The second-order valence-corrected chi connectivity index (χ2v) is 7.72. The summed E-state index contributed by atoms with van der Waals surface area (Å²) in [6.07, 6.45) is 0.766. The van der Waals surface area contributed by atoms with E-state index >= 15 is 0 Å². The Bertz CT molecular complexity index is 567. The van der Waals surface area contributed by atoms with Crippen LogP contribution in [0, 0.1) is 12.3 Å². The number of hydrogen-bond acceptors (Lipinski definition) is 4. The van der Waals surface area contributed by atoms with Gasteiger partial charge in [-0.25, -0.2) is 13.1 Å². The second-order valence-electron chi connectivity index (χ2n) is 5.99. The van der Waals surface area contributed by atoms with Gasteiger partial charge < -0.3 is 9.84 Å². The Labute approximate surface area is 127 Å². The Hall–Kier alpha value is -0.950. The van der Waals surface area contributed by atoms with Crippen LogP contribution in [0.1, 0.15) is 31.4 Å². The summed E-state index contributed by atoms with van der Waals surface area (Å²) in [6.45, 7) is 6.47. The summed E-state index contributed by atoms with van der Waals surface area (Å²) in [5.41, 5.74) is 1.06. The zero-order valence-corrected chi connectivity index (χ0v) is 14.0. The highest BCUT2D eigenvalue weighted by atomic mass is 32.2. The lowest BCUT2D eigenvalue weighted by molar-refractivity contribution is 0.153. The lowest BCUT2D eigenvalue weighted by Crippen LogP contribution is -2.35.